The van der Waals surface area contributed by atoms with Crippen molar-refractivity contribution in [3.8, 4) is 17.0 Å². The summed E-state index contributed by atoms with van der Waals surface area (Å²) in [6.07, 6.45) is 10.2. The maximum atomic E-state index is 16.5. The molecule has 0 spiro atoms. The maximum Gasteiger partial charge on any atom is 0.328 e. The summed E-state index contributed by atoms with van der Waals surface area (Å²) < 4.78 is 34.6. The van der Waals surface area contributed by atoms with Gasteiger partial charge in [-0.1, -0.05) is 18.2 Å². The summed E-state index contributed by atoms with van der Waals surface area (Å²) >= 11 is 0. The zero-order chi connectivity index (χ0) is 43.4. The fourth-order valence-electron chi connectivity index (χ4n) is 10.2. The number of nitrogens with one attached hydrogen (secondary N) is 1. The number of para-hydroxylation sites is 1. The van der Waals surface area contributed by atoms with Crippen LogP contribution in [0.5, 0.6) is 5.75 Å². The third-order valence-electron chi connectivity index (χ3n) is 13.9. The lowest BCUT2D eigenvalue weighted by atomic mass is 9.89. The summed E-state index contributed by atoms with van der Waals surface area (Å²) in [5.41, 5.74) is 10.2. The lowest BCUT2D eigenvalue weighted by Crippen LogP contribution is -2.51. The van der Waals surface area contributed by atoms with Crippen molar-refractivity contribution < 1.29 is 28.3 Å². The number of benzene rings is 2. The number of likely N-dealkylation sites (tertiary alicyclic amines) is 2. The number of nitrogens with zero attached hydrogens (tertiary/aromatic N) is 8. The number of halogens is 2. The first-order chi connectivity index (χ1) is 30.5. The molecule has 5 fully saturated rings. The molecule has 14 nitrogen and oxygen atoms in total. The van der Waals surface area contributed by atoms with Crippen LogP contribution in [0.1, 0.15) is 97.1 Å². The zero-order valence-electron chi connectivity index (χ0n) is 35.2. The molecule has 63 heavy (non-hydrogen) atoms. The first kappa shape index (κ1) is 40.9. The number of phenols is 1. The highest BCUT2D eigenvalue weighted by atomic mass is 19.1. The van der Waals surface area contributed by atoms with E-state index >= 15 is 8.78 Å². The molecule has 0 radical (unpaired) electrons. The third-order valence-corrected chi connectivity index (χ3v) is 13.9. The van der Waals surface area contributed by atoms with Crippen LogP contribution in [-0.4, -0.2) is 111 Å². The number of carbonyl (C=O) groups excluding carboxylic acids is 3. The van der Waals surface area contributed by atoms with Crippen LogP contribution in [0.15, 0.2) is 67.0 Å². The number of aromatic hydroxyl groups is 1. The van der Waals surface area contributed by atoms with E-state index in [0.717, 1.165) is 62.6 Å². The van der Waals surface area contributed by atoms with Crippen LogP contribution in [0.3, 0.4) is 0 Å². The maximum absolute atomic E-state index is 16.5. The molecule has 5 aliphatic rings. The van der Waals surface area contributed by atoms with Gasteiger partial charge < -0.3 is 30.1 Å². The minimum absolute atomic E-state index is 0.0884. The topological polar surface area (TPSA) is 166 Å². The number of rotatable bonds is 9. The number of carbonyl (C=O) groups is 3. The number of amides is 4. The van der Waals surface area contributed by atoms with E-state index < -0.39 is 17.5 Å². The van der Waals surface area contributed by atoms with Crippen molar-refractivity contribution in [2.45, 2.75) is 81.3 Å². The van der Waals surface area contributed by atoms with Crippen molar-refractivity contribution in [3.63, 3.8) is 0 Å². The Morgan fingerprint density at radius 1 is 0.905 bits per heavy atom. The van der Waals surface area contributed by atoms with Crippen molar-refractivity contribution in [1.82, 2.24) is 34.9 Å². The fourth-order valence-corrected chi connectivity index (χ4v) is 10.2. The zero-order valence-corrected chi connectivity index (χ0v) is 35.2. The highest BCUT2D eigenvalue weighted by Crippen LogP contribution is 2.46. The molecule has 1 atom stereocenters. The molecule has 4 saturated heterocycles. The molecule has 10 rings (SSSR count). The number of pyridine rings is 1. The van der Waals surface area contributed by atoms with Crippen LogP contribution in [-0.2, 0) is 4.79 Å². The Hall–Kier alpha value is -6.16. The van der Waals surface area contributed by atoms with Crippen LogP contribution >= 0.6 is 0 Å². The van der Waals surface area contributed by atoms with Crippen LogP contribution in [0.4, 0.5) is 30.8 Å². The van der Waals surface area contributed by atoms with Crippen molar-refractivity contribution in [2.24, 2.45) is 0 Å². The number of anilines is 3. The van der Waals surface area contributed by atoms with Crippen LogP contribution < -0.4 is 20.9 Å². The van der Waals surface area contributed by atoms with Crippen LogP contribution in [0, 0.1) is 5.82 Å². The van der Waals surface area contributed by atoms with Gasteiger partial charge in [0.1, 0.15) is 22.9 Å². The average Bonchev–Trinajstić information content (AvgIpc) is 4.07. The Balaban J connectivity index is 0.738. The molecule has 0 bridgehead atoms. The number of nitrogen functional groups attached to an aromatic ring is 1. The van der Waals surface area contributed by atoms with E-state index in [1.54, 1.807) is 46.3 Å². The fraction of sp³-hybridized carbons (Fsp3) is 0.447. The SMILES string of the molecule is Nc1nnc(-c2ccccc2O)cc1N1CCC[C@H](c2ccc(C(=O)N3CCC(F)(CN4CCC(n5cc(C6CC6)c6cc(N7CCC(=O)NC7=O)cnc65)CC4)CC3)cc2F)C1. The molecular formula is C47H52F2N10O4. The molecule has 7 heterocycles. The molecule has 5 aromatic rings. The number of alkyl halides is 1. The Morgan fingerprint density at radius 3 is 2.44 bits per heavy atom. The number of aromatic nitrogens is 4. The van der Waals surface area contributed by atoms with Gasteiger partial charge in [0.2, 0.25) is 5.91 Å². The van der Waals surface area contributed by atoms with Crippen molar-refractivity contribution in [1.29, 1.82) is 0 Å². The van der Waals surface area contributed by atoms with Gasteiger partial charge in [0.15, 0.2) is 5.82 Å². The number of hydrogen-bond acceptors (Lipinski definition) is 10. The molecule has 3 aromatic heterocycles. The predicted molar refractivity (Wildman–Crippen MR) is 235 cm³/mol. The third kappa shape index (κ3) is 8.16. The molecule has 16 heteroatoms. The monoisotopic (exact) mass is 858 g/mol. The number of fused-ring (bicyclic) bond motifs is 1. The lowest BCUT2D eigenvalue weighted by Gasteiger charge is -2.41. The molecule has 1 saturated carbocycles. The highest BCUT2D eigenvalue weighted by molar-refractivity contribution is 6.06. The summed E-state index contributed by atoms with van der Waals surface area (Å²) in [5, 5.41) is 22.2. The van der Waals surface area contributed by atoms with Crippen LogP contribution in [0.25, 0.3) is 22.3 Å². The number of imide groups is 1. The molecule has 4 amide bonds. The van der Waals surface area contributed by atoms with Gasteiger partial charge in [-0.2, -0.15) is 0 Å². The Bertz CT molecular complexity index is 2580. The molecule has 0 unspecified atom stereocenters. The predicted octanol–water partition coefficient (Wildman–Crippen LogP) is 6.91. The standard InChI is InChI=1S/C47H52F2N10O4/c48-38-22-30(9-10-34(38)31-4-3-16-57(26-31)40-24-39(53-54-43(40)50)35-5-1-2-6-41(35)60)45(62)56-20-14-47(49,15-21-56)28-55-17-11-32(12-18-55)59-27-37(29-7-8-29)36-23-33(25-51-44(36)59)58-19-13-42(61)52-46(58)63/h1-2,5-6,9-10,22-25,27,29,31-32,60H,3-4,7-8,11-21,26,28H2,(H2,50,54)(H,52,61,63)/t31-/m0/s1. The van der Waals surface area contributed by atoms with Gasteiger partial charge >= 0.3 is 6.03 Å². The number of phenolic OH excluding ortho intramolecular Hbond substituents is 1. The van der Waals surface area contributed by atoms with E-state index in [1.807, 2.05) is 18.2 Å². The molecule has 328 valence electrons. The van der Waals surface area contributed by atoms with E-state index in [9.17, 15) is 19.5 Å². The van der Waals surface area contributed by atoms with Gasteiger partial charge in [-0.3, -0.25) is 19.8 Å². The van der Waals surface area contributed by atoms with E-state index in [4.69, 9.17) is 10.7 Å². The second-order valence-electron chi connectivity index (χ2n) is 18.1. The van der Waals surface area contributed by atoms with Gasteiger partial charge in [0.05, 0.1) is 23.3 Å². The van der Waals surface area contributed by atoms with E-state index in [1.165, 1.54) is 11.6 Å². The molecule has 2 aromatic carbocycles. The number of urea groups is 1. The minimum Gasteiger partial charge on any atom is -0.507 e. The molecule has 1 aliphatic carbocycles. The van der Waals surface area contributed by atoms with Gasteiger partial charge in [0.25, 0.3) is 5.91 Å². The lowest BCUT2D eigenvalue weighted by molar-refractivity contribution is -0.120. The highest BCUT2D eigenvalue weighted by Gasteiger charge is 2.39. The number of nitrogens with two attached hydrogens (primary N) is 1. The van der Waals surface area contributed by atoms with Crippen molar-refractivity contribution in [2.75, 3.05) is 67.9 Å². The minimum atomic E-state index is -1.43. The summed E-state index contributed by atoms with van der Waals surface area (Å²) in [4.78, 5) is 50.3. The van der Waals surface area contributed by atoms with Crippen molar-refractivity contribution >= 4 is 46.1 Å². The summed E-state index contributed by atoms with van der Waals surface area (Å²) in [7, 11) is 0. The van der Waals surface area contributed by atoms with Gasteiger partial charge in [0, 0.05) is 106 Å². The second-order valence-corrected chi connectivity index (χ2v) is 18.1. The van der Waals surface area contributed by atoms with Gasteiger partial charge in [-0.25, -0.2) is 18.6 Å². The van der Waals surface area contributed by atoms with Gasteiger partial charge in [-0.15, -0.1) is 10.2 Å². The molecular weight excluding hydrogens is 807 g/mol. The van der Waals surface area contributed by atoms with Crippen molar-refractivity contribution in [3.05, 3.63) is 89.5 Å². The molecule has 4 aliphatic heterocycles. The second kappa shape index (κ2) is 16.5. The average molecular weight is 859 g/mol. The smallest absolute Gasteiger partial charge is 0.328 e. The summed E-state index contributed by atoms with van der Waals surface area (Å²) in [6.45, 7) is 3.85. The summed E-state index contributed by atoms with van der Waals surface area (Å²) in [5.74, 6) is -0.323. The largest absolute Gasteiger partial charge is 0.507 e. The normalized spacial score (nSPS) is 21.2. The Morgan fingerprint density at radius 2 is 1.70 bits per heavy atom. The first-order valence-electron chi connectivity index (χ1n) is 22.3. The Kier molecular flexibility index (Phi) is 10.7. The van der Waals surface area contributed by atoms with E-state index in [2.05, 4.69) is 36.1 Å². The van der Waals surface area contributed by atoms with E-state index in [0.29, 0.717) is 60.3 Å². The molecule has 4 N–H and O–H groups in total. The Labute approximate surface area is 364 Å². The first-order valence-corrected chi connectivity index (χ1v) is 22.3. The quantitative estimate of drug-likeness (QED) is 0.142. The van der Waals surface area contributed by atoms with E-state index in [-0.39, 0.29) is 73.3 Å². The number of piperidine rings is 3. The van der Waals surface area contributed by atoms with Gasteiger partial charge in [-0.05, 0) is 92.0 Å². The number of hydrogen-bond donors (Lipinski definition) is 3. The summed E-state index contributed by atoms with van der Waals surface area (Å²) in [6, 6.07) is 15.3. The van der Waals surface area contributed by atoms with Crippen LogP contribution in [0.2, 0.25) is 0 Å².